The van der Waals surface area contributed by atoms with Crippen LogP contribution >= 0.6 is 0 Å². The molecule has 0 atom stereocenters. The number of benzene rings is 1. The van der Waals surface area contributed by atoms with E-state index < -0.39 is 7.12 Å². The van der Waals surface area contributed by atoms with Crippen LogP contribution in [0, 0.1) is 0 Å². The molecular formula is C23H27BN2O2. The van der Waals surface area contributed by atoms with Crippen molar-refractivity contribution >= 4 is 12.6 Å². The third-order valence-corrected chi connectivity index (χ3v) is 4.74. The lowest BCUT2D eigenvalue weighted by Crippen LogP contribution is -2.44. The normalized spacial score (nSPS) is 11.4. The van der Waals surface area contributed by atoms with Crippen molar-refractivity contribution in [1.29, 1.82) is 0 Å². The Morgan fingerprint density at radius 3 is 1.86 bits per heavy atom. The van der Waals surface area contributed by atoms with Crippen LogP contribution in [0.3, 0.4) is 0 Å². The second-order valence-electron chi connectivity index (χ2n) is 7.29. The van der Waals surface area contributed by atoms with Gasteiger partial charge in [0.05, 0.1) is 11.4 Å². The Bertz CT molecular complexity index is 828. The minimum absolute atomic E-state index is 0.286. The molecule has 0 aliphatic rings. The van der Waals surface area contributed by atoms with E-state index in [4.69, 9.17) is 9.31 Å². The third-order valence-electron chi connectivity index (χ3n) is 4.74. The summed E-state index contributed by atoms with van der Waals surface area (Å²) in [5, 5.41) is 0. The van der Waals surface area contributed by atoms with E-state index >= 15 is 0 Å². The molecule has 144 valence electrons. The van der Waals surface area contributed by atoms with Crippen molar-refractivity contribution in [2.75, 3.05) is 6.61 Å². The van der Waals surface area contributed by atoms with Gasteiger partial charge in [-0.2, -0.15) is 0 Å². The second kappa shape index (κ2) is 9.13. The first-order chi connectivity index (χ1) is 13.5. The maximum Gasteiger partial charge on any atom is 0.494 e. The fraction of sp³-hybridized carbons (Fsp3) is 0.304. The Labute approximate surface area is 168 Å². The first-order valence-electron chi connectivity index (χ1n) is 9.79. The van der Waals surface area contributed by atoms with Crippen LogP contribution < -0.4 is 5.46 Å². The minimum atomic E-state index is -0.453. The van der Waals surface area contributed by atoms with Crippen molar-refractivity contribution in [3.05, 3.63) is 67.0 Å². The molecule has 0 radical (unpaired) electrons. The number of rotatable bonds is 8. The average molecular weight is 374 g/mol. The Hall–Kier alpha value is -2.50. The molecule has 1 aromatic carbocycles. The summed E-state index contributed by atoms with van der Waals surface area (Å²) in [7, 11) is -0.453. The van der Waals surface area contributed by atoms with Gasteiger partial charge in [0.15, 0.2) is 0 Å². The average Bonchev–Trinajstić information content (AvgIpc) is 2.74. The summed E-state index contributed by atoms with van der Waals surface area (Å²) in [6.07, 6.45) is 4.50. The third kappa shape index (κ3) is 5.06. The van der Waals surface area contributed by atoms with Crippen LogP contribution in [-0.4, -0.2) is 29.3 Å². The minimum Gasteiger partial charge on any atom is -0.408 e. The molecule has 3 aromatic rings. The number of aromatic nitrogens is 2. The van der Waals surface area contributed by atoms with Gasteiger partial charge in [-0.25, -0.2) is 0 Å². The molecule has 0 unspecified atom stereocenters. The van der Waals surface area contributed by atoms with Gasteiger partial charge in [0.1, 0.15) is 0 Å². The second-order valence-corrected chi connectivity index (χ2v) is 7.29. The van der Waals surface area contributed by atoms with Crippen LogP contribution in [0.1, 0.15) is 34.1 Å². The number of hydrogen-bond acceptors (Lipinski definition) is 4. The number of pyridine rings is 2. The molecule has 0 spiro atoms. The SMILES string of the molecule is CCOB(OC(C)(C)CC)c1cc(-c2ccccn2)cc(-c2ccccn2)c1. The topological polar surface area (TPSA) is 44.2 Å². The highest BCUT2D eigenvalue weighted by molar-refractivity contribution is 6.61. The molecule has 2 aromatic heterocycles. The molecule has 28 heavy (non-hydrogen) atoms. The largest absolute Gasteiger partial charge is 0.494 e. The fourth-order valence-electron chi connectivity index (χ4n) is 2.87. The summed E-state index contributed by atoms with van der Waals surface area (Å²) in [6, 6.07) is 18.1. The zero-order valence-electron chi connectivity index (χ0n) is 17.1. The fourth-order valence-corrected chi connectivity index (χ4v) is 2.87. The predicted molar refractivity (Wildman–Crippen MR) is 115 cm³/mol. The molecule has 2 heterocycles. The first kappa shape index (κ1) is 20.2. The number of nitrogens with zero attached hydrogens (tertiary/aromatic N) is 2. The van der Waals surface area contributed by atoms with Gasteiger partial charge in [0, 0.05) is 35.7 Å². The maximum absolute atomic E-state index is 6.33. The highest BCUT2D eigenvalue weighted by Crippen LogP contribution is 2.24. The van der Waals surface area contributed by atoms with Gasteiger partial charge in [-0.15, -0.1) is 0 Å². The summed E-state index contributed by atoms with van der Waals surface area (Å²) < 4.78 is 12.3. The van der Waals surface area contributed by atoms with Crippen molar-refractivity contribution in [1.82, 2.24) is 9.97 Å². The molecule has 0 bridgehead atoms. The monoisotopic (exact) mass is 374 g/mol. The summed E-state index contributed by atoms with van der Waals surface area (Å²) in [5.41, 5.74) is 4.53. The van der Waals surface area contributed by atoms with Crippen LogP contribution in [0.2, 0.25) is 0 Å². The molecule has 5 heteroatoms. The summed E-state index contributed by atoms with van der Waals surface area (Å²) >= 11 is 0. The smallest absolute Gasteiger partial charge is 0.408 e. The lowest BCUT2D eigenvalue weighted by molar-refractivity contribution is 0.0706. The van der Waals surface area contributed by atoms with E-state index in [0.29, 0.717) is 6.61 Å². The molecule has 0 fully saturated rings. The highest BCUT2D eigenvalue weighted by atomic mass is 16.6. The van der Waals surface area contributed by atoms with E-state index in [1.807, 2.05) is 43.3 Å². The molecular weight excluding hydrogens is 347 g/mol. The molecule has 0 amide bonds. The lowest BCUT2D eigenvalue weighted by atomic mass is 9.75. The molecule has 0 saturated heterocycles. The Balaban J connectivity index is 2.10. The molecule has 4 nitrogen and oxygen atoms in total. The van der Waals surface area contributed by atoms with Gasteiger partial charge in [-0.3, -0.25) is 9.97 Å². The summed E-state index contributed by atoms with van der Waals surface area (Å²) in [5.74, 6) is 0. The van der Waals surface area contributed by atoms with Gasteiger partial charge < -0.3 is 9.31 Å². The Morgan fingerprint density at radius 2 is 1.43 bits per heavy atom. The first-order valence-corrected chi connectivity index (χ1v) is 9.79. The maximum atomic E-state index is 6.33. The van der Waals surface area contributed by atoms with Gasteiger partial charge in [-0.1, -0.05) is 31.2 Å². The lowest BCUT2D eigenvalue weighted by Gasteiger charge is -2.28. The molecule has 0 N–H and O–H groups in total. The van der Waals surface area contributed by atoms with Gasteiger partial charge >= 0.3 is 7.12 Å². The van der Waals surface area contributed by atoms with Gasteiger partial charge in [-0.05, 0) is 63.0 Å². The number of hydrogen-bond donors (Lipinski definition) is 0. The van der Waals surface area contributed by atoms with E-state index in [1.165, 1.54) is 0 Å². The van der Waals surface area contributed by atoms with Gasteiger partial charge in [0.25, 0.3) is 0 Å². The van der Waals surface area contributed by atoms with Crippen molar-refractivity contribution in [3.63, 3.8) is 0 Å². The zero-order valence-corrected chi connectivity index (χ0v) is 17.1. The van der Waals surface area contributed by atoms with E-state index in [1.54, 1.807) is 12.4 Å². The molecule has 0 aliphatic carbocycles. The van der Waals surface area contributed by atoms with Crippen LogP contribution in [0.5, 0.6) is 0 Å². The van der Waals surface area contributed by atoms with Crippen molar-refractivity contribution in [2.24, 2.45) is 0 Å². The molecule has 3 rings (SSSR count). The standard InChI is InChI=1S/C23H27BN2O2/c1-5-23(3,4)28-24(27-6-2)20-16-18(21-11-7-9-13-25-21)15-19(17-20)22-12-8-10-14-26-22/h7-17H,5-6H2,1-4H3. The Morgan fingerprint density at radius 1 is 0.857 bits per heavy atom. The van der Waals surface area contributed by atoms with Crippen LogP contribution in [0.15, 0.2) is 67.0 Å². The zero-order chi connectivity index (χ0) is 20.0. The van der Waals surface area contributed by atoms with Crippen LogP contribution in [0.25, 0.3) is 22.5 Å². The molecule has 0 aliphatic heterocycles. The van der Waals surface area contributed by atoms with E-state index in [9.17, 15) is 0 Å². The molecule has 0 saturated carbocycles. The van der Waals surface area contributed by atoms with E-state index in [-0.39, 0.29) is 5.60 Å². The van der Waals surface area contributed by atoms with E-state index in [2.05, 4.69) is 48.9 Å². The Kier molecular flexibility index (Phi) is 6.60. The summed E-state index contributed by atoms with van der Waals surface area (Å²) in [6.45, 7) is 8.84. The van der Waals surface area contributed by atoms with Crippen molar-refractivity contribution in [2.45, 2.75) is 39.7 Å². The van der Waals surface area contributed by atoms with Gasteiger partial charge in [0.2, 0.25) is 0 Å². The van der Waals surface area contributed by atoms with Crippen LogP contribution in [0.4, 0.5) is 0 Å². The summed E-state index contributed by atoms with van der Waals surface area (Å²) in [4.78, 5) is 9.04. The van der Waals surface area contributed by atoms with Crippen molar-refractivity contribution < 1.29 is 9.31 Å². The van der Waals surface area contributed by atoms with Crippen molar-refractivity contribution in [3.8, 4) is 22.5 Å². The van der Waals surface area contributed by atoms with Crippen LogP contribution in [-0.2, 0) is 9.31 Å². The highest BCUT2D eigenvalue weighted by Gasteiger charge is 2.30. The predicted octanol–water partition coefficient (Wildman–Crippen LogP) is 4.75. The quantitative estimate of drug-likeness (QED) is 0.534. The van der Waals surface area contributed by atoms with E-state index in [0.717, 1.165) is 34.4 Å².